The van der Waals surface area contributed by atoms with Crippen LogP contribution in [0.5, 0.6) is 0 Å². The Kier molecular flexibility index (Phi) is 6.58. The van der Waals surface area contributed by atoms with Crippen LogP contribution in [0, 0.1) is 17.8 Å². The minimum atomic E-state index is 0.151. The molecule has 26 heavy (non-hydrogen) atoms. The molecular weight excluding hydrogens is 324 g/mol. The smallest absolute Gasteiger partial charge is 0.248 e. The number of carbonyl (C=O) groups is 1. The molecule has 0 aromatic heterocycles. The van der Waals surface area contributed by atoms with Gasteiger partial charge in [-0.3, -0.25) is 4.79 Å². The maximum atomic E-state index is 12.6. The fourth-order valence-electron chi connectivity index (χ4n) is 4.43. The summed E-state index contributed by atoms with van der Waals surface area (Å²) >= 11 is 0. The van der Waals surface area contributed by atoms with E-state index in [0.717, 1.165) is 32.6 Å². The van der Waals surface area contributed by atoms with Crippen LogP contribution in [0.25, 0.3) is 0 Å². The summed E-state index contributed by atoms with van der Waals surface area (Å²) in [5.74, 6) is 2.07. The molecule has 0 radical (unpaired) electrons. The fraction of sp³-hybridized carbons (Fsp3) is 0.682. The molecule has 144 valence electrons. The monoisotopic (exact) mass is 358 g/mol. The standard InChI is InChI=1S/C22H34N2O2/c1-17(2)20-10-9-18(3)15-21(20)26-16-22(25)24-13-11-23(12-14-24)19-7-5-4-6-8-19/h4-8,17-18,20-21H,9-16H2,1-3H3/t18-,20+,21-/m1/s1. The van der Waals surface area contributed by atoms with Crippen molar-refractivity contribution in [2.75, 3.05) is 37.7 Å². The minimum absolute atomic E-state index is 0.151. The van der Waals surface area contributed by atoms with Crippen molar-refractivity contribution < 1.29 is 9.53 Å². The van der Waals surface area contributed by atoms with E-state index in [1.54, 1.807) is 0 Å². The van der Waals surface area contributed by atoms with Crippen LogP contribution in [0.3, 0.4) is 0 Å². The molecule has 0 spiro atoms. The van der Waals surface area contributed by atoms with Gasteiger partial charge in [-0.2, -0.15) is 0 Å². The lowest BCUT2D eigenvalue weighted by Crippen LogP contribution is -2.50. The predicted octanol–water partition coefficient (Wildman–Crippen LogP) is 3.81. The molecule has 1 aliphatic carbocycles. The number of rotatable bonds is 5. The highest BCUT2D eigenvalue weighted by Crippen LogP contribution is 2.35. The number of anilines is 1. The third-order valence-electron chi connectivity index (χ3n) is 6.14. The number of nitrogens with zero attached hydrogens (tertiary/aromatic N) is 2. The van der Waals surface area contributed by atoms with Crippen LogP contribution in [-0.4, -0.2) is 49.7 Å². The highest BCUT2D eigenvalue weighted by Gasteiger charge is 2.32. The van der Waals surface area contributed by atoms with Crippen LogP contribution >= 0.6 is 0 Å². The van der Waals surface area contributed by atoms with Gasteiger partial charge >= 0.3 is 0 Å². The molecule has 1 aromatic rings. The maximum Gasteiger partial charge on any atom is 0.248 e. The van der Waals surface area contributed by atoms with E-state index in [1.165, 1.54) is 18.5 Å². The van der Waals surface area contributed by atoms with Gasteiger partial charge in [0.05, 0.1) is 6.10 Å². The number of carbonyl (C=O) groups excluding carboxylic acids is 1. The van der Waals surface area contributed by atoms with Gasteiger partial charge in [-0.25, -0.2) is 0 Å². The first kappa shape index (κ1) is 19.2. The molecule has 0 N–H and O–H groups in total. The van der Waals surface area contributed by atoms with Crippen molar-refractivity contribution in [1.82, 2.24) is 4.90 Å². The molecule has 3 rings (SSSR count). The molecule has 4 heteroatoms. The molecule has 0 unspecified atom stereocenters. The lowest BCUT2D eigenvalue weighted by Gasteiger charge is -2.38. The number of benzene rings is 1. The van der Waals surface area contributed by atoms with Gasteiger partial charge in [0.2, 0.25) is 5.91 Å². The Morgan fingerprint density at radius 1 is 1.12 bits per heavy atom. The van der Waals surface area contributed by atoms with Crippen LogP contribution in [0.2, 0.25) is 0 Å². The Hall–Kier alpha value is -1.55. The second kappa shape index (κ2) is 8.90. The van der Waals surface area contributed by atoms with Gasteiger partial charge in [-0.1, -0.05) is 45.4 Å². The SMILES string of the molecule is CC(C)[C@@H]1CC[C@@H](C)C[C@H]1OCC(=O)N1CCN(c2ccccc2)CC1. The Morgan fingerprint density at radius 2 is 1.81 bits per heavy atom. The summed E-state index contributed by atoms with van der Waals surface area (Å²) < 4.78 is 6.15. The second-order valence-electron chi connectivity index (χ2n) is 8.38. The first-order valence-electron chi connectivity index (χ1n) is 10.2. The average Bonchev–Trinajstić information content (AvgIpc) is 2.66. The zero-order chi connectivity index (χ0) is 18.5. The van der Waals surface area contributed by atoms with E-state index in [2.05, 4.69) is 49.9 Å². The van der Waals surface area contributed by atoms with E-state index in [-0.39, 0.29) is 18.6 Å². The molecule has 1 saturated heterocycles. The summed E-state index contributed by atoms with van der Waals surface area (Å²) in [6, 6.07) is 10.4. The number of para-hydroxylation sites is 1. The van der Waals surface area contributed by atoms with Gasteiger partial charge in [-0.05, 0) is 42.7 Å². The van der Waals surface area contributed by atoms with Crippen molar-refractivity contribution in [3.8, 4) is 0 Å². The normalized spacial score (nSPS) is 27.0. The molecule has 0 bridgehead atoms. The van der Waals surface area contributed by atoms with E-state index in [9.17, 15) is 4.79 Å². The number of hydrogen-bond acceptors (Lipinski definition) is 3. The first-order chi connectivity index (χ1) is 12.5. The van der Waals surface area contributed by atoms with Crippen molar-refractivity contribution in [2.24, 2.45) is 17.8 Å². The van der Waals surface area contributed by atoms with Crippen LogP contribution < -0.4 is 4.90 Å². The van der Waals surface area contributed by atoms with Crippen molar-refractivity contribution >= 4 is 11.6 Å². The molecular formula is C22H34N2O2. The van der Waals surface area contributed by atoms with Crippen molar-refractivity contribution in [3.05, 3.63) is 30.3 Å². The van der Waals surface area contributed by atoms with E-state index < -0.39 is 0 Å². The number of piperazine rings is 1. The summed E-state index contributed by atoms with van der Waals surface area (Å²) in [6.07, 6.45) is 3.86. The minimum Gasteiger partial charge on any atom is -0.368 e. The van der Waals surface area contributed by atoms with Gasteiger partial charge in [0.1, 0.15) is 6.61 Å². The van der Waals surface area contributed by atoms with Crippen LogP contribution in [-0.2, 0) is 9.53 Å². The lowest BCUT2D eigenvalue weighted by atomic mass is 9.75. The number of amides is 1. The predicted molar refractivity (Wildman–Crippen MR) is 106 cm³/mol. The lowest BCUT2D eigenvalue weighted by molar-refractivity contribution is -0.141. The van der Waals surface area contributed by atoms with Gasteiger partial charge < -0.3 is 14.5 Å². The topological polar surface area (TPSA) is 32.8 Å². The summed E-state index contributed by atoms with van der Waals surface area (Å²) in [7, 11) is 0. The molecule has 1 heterocycles. The van der Waals surface area contributed by atoms with E-state index in [4.69, 9.17) is 4.74 Å². The first-order valence-corrected chi connectivity index (χ1v) is 10.2. The quantitative estimate of drug-likeness (QED) is 0.802. The molecule has 1 amide bonds. The summed E-state index contributed by atoms with van der Waals surface area (Å²) in [6.45, 7) is 10.5. The van der Waals surface area contributed by atoms with Crippen molar-refractivity contribution in [1.29, 1.82) is 0 Å². The van der Waals surface area contributed by atoms with Crippen LogP contribution in [0.1, 0.15) is 40.0 Å². The molecule has 1 aliphatic heterocycles. The second-order valence-corrected chi connectivity index (χ2v) is 8.38. The van der Waals surface area contributed by atoms with Crippen molar-refractivity contribution in [3.63, 3.8) is 0 Å². The largest absolute Gasteiger partial charge is 0.368 e. The van der Waals surface area contributed by atoms with E-state index in [1.807, 2.05) is 11.0 Å². The molecule has 4 nitrogen and oxygen atoms in total. The third-order valence-corrected chi connectivity index (χ3v) is 6.14. The molecule has 2 fully saturated rings. The molecule has 3 atom stereocenters. The molecule has 1 aromatic carbocycles. The highest BCUT2D eigenvalue weighted by molar-refractivity contribution is 5.77. The number of ether oxygens (including phenoxy) is 1. The van der Waals surface area contributed by atoms with Gasteiger partial charge in [0, 0.05) is 31.9 Å². The van der Waals surface area contributed by atoms with E-state index >= 15 is 0 Å². The number of hydrogen-bond donors (Lipinski definition) is 0. The molecule has 1 saturated carbocycles. The molecule has 2 aliphatic rings. The zero-order valence-electron chi connectivity index (χ0n) is 16.6. The van der Waals surface area contributed by atoms with Gasteiger partial charge in [0.25, 0.3) is 0 Å². The summed E-state index contributed by atoms with van der Waals surface area (Å²) in [5, 5.41) is 0. The Labute approximate surface area is 158 Å². The highest BCUT2D eigenvalue weighted by atomic mass is 16.5. The third kappa shape index (κ3) is 4.79. The average molecular weight is 359 g/mol. The summed E-state index contributed by atoms with van der Waals surface area (Å²) in [4.78, 5) is 16.9. The zero-order valence-corrected chi connectivity index (χ0v) is 16.6. The van der Waals surface area contributed by atoms with Crippen molar-refractivity contribution in [2.45, 2.75) is 46.1 Å². The van der Waals surface area contributed by atoms with Gasteiger partial charge in [0.15, 0.2) is 0 Å². The Bertz CT molecular complexity index is 567. The fourth-order valence-corrected chi connectivity index (χ4v) is 4.43. The maximum absolute atomic E-state index is 12.6. The van der Waals surface area contributed by atoms with Crippen LogP contribution in [0.15, 0.2) is 30.3 Å². The van der Waals surface area contributed by atoms with Crippen LogP contribution in [0.4, 0.5) is 5.69 Å². The van der Waals surface area contributed by atoms with Gasteiger partial charge in [-0.15, -0.1) is 0 Å². The summed E-state index contributed by atoms with van der Waals surface area (Å²) in [5.41, 5.74) is 1.24. The van der Waals surface area contributed by atoms with E-state index in [0.29, 0.717) is 17.8 Å². The Morgan fingerprint density at radius 3 is 2.46 bits per heavy atom. The Balaban J connectivity index is 1.47.